The van der Waals surface area contributed by atoms with Gasteiger partial charge in [-0.2, -0.15) is 0 Å². The van der Waals surface area contributed by atoms with E-state index in [-0.39, 0.29) is 6.04 Å². The highest BCUT2D eigenvalue weighted by molar-refractivity contribution is 6.31. The molecular formula is C14H14Cl2N2. The SMILES string of the molecule is Cc1cc(C(NN)c2ccc(Cl)cc2)ccc1Cl. The van der Waals surface area contributed by atoms with Crippen LogP contribution >= 0.6 is 23.2 Å². The van der Waals surface area contributed by atoms with Crippen molar-refractivity contribution in [2.24, 2.45) is 5.84 Å². The monoisotopic (exact) mass is 280 g/mol. The van der Waals surface area contributed by atoms with E-state index >= 15 is 0 Å². The van der Waals surface area contributed by atoms with Gasteiger partial charge in [0.2, 0.25) is 0 Å². The molecule has 0 saturated heterocycles. The largest absolute Gasteiger partial charge is 0.271 e. The molecule has 2 aromatic carbocycles. The van der Waals surface area contributed by atoms with E-state index in [0.717, 1.165) is 21.7 Å². The lowest BCUT2D eigenvalue weighted by Gasteiger charge is -2.17. The number of hydrogen-bond donors (Lipinski definition) is 2. The molecule has 2 aromatic rings. The second kappa shape index (κ2) is 5.72. The Morgan fingerprint density at radius 3 is 2.17 bits per heavy atom. The molecule has 0 aromatic heterocycles. The quantitative estimate of drug-likeness (QED) is 0.662. The molecule has 3 N–H and O–H groups in total. The molecule has 0 aliphatic carbocycles. The van der Waals surface area contributed by atoms with Crippen LogP contribution < -0.4 is 11.3 Å². The lowest BCUT2D eigenvalue weighted by atomic mass is 9.98. The topological polar surface area (TPSA) is 38.0 Å². The highest BCUT2D eigenvalue weighted by atomic mass is 35.5. The Hall–Kier alpha value is -1.06. The smallest absolute Gasteiger partial charge is 0.0710 e. The van der Waals surface area contributed by atoms with Crippen molar-refractivity contribution in [3.63, 3.8) is 0 Å². The van der Waals surface area contributed by atoms with Gasteiger partial charge >= 0.3 is 0 Å². The molecular weight excluding hydrogens is 267 g/mol. The number of hydrazine groups is 1. The minimum atomic E-state index is -0.0711. The van der Waals surface area contributed by atoms with Crippen LogP contribution in [-0.2, 0) is 0 Å². The van der Waals surface area contributed by atoms with Gasteiger partial charge in [-0.1, -0.05) is 47.5 Å². The second-order valence-corrected chi connectivity index (χ2v) is 5.00. The van der Waals surface area contributed by atoms with Crippen molar-refractivity contribution in [1.29, 1.82) is 0 Å². The molecule has 0 amide bonds. The van der Waals surface area contributed by atoms with Crippen LogP contribution in [0.5, 0.6) is 0 Å². The van der Waals surface area contributed by atoms with Gasteiger partial charge in [-0.3, -0.25) is 5.84 Å². The van der Waals surface area contributed by atoms with Gasteiger partial charge in [0.05, 0.1) is 6.04 Å². The Kier molecular flexibility index (Phi) is 4.25. The average Bonchev–Trinajstić information content (AvgIpc) is 2.37. The molecule has 1 atom stereocenters. The molecule has 0 aliphatic rings. The normalized spacial score (nSPS) is 12.4. The van der Waals surface area contributed by atoms with Gasteiger partial charge in [0.1, 0.15) is 0 Å². The molecule has 94 valence electrons. The highest BCUT2D eigenvalue weighted by Crippen LogP contribution is 2.26. The van der Waals surface area contributed by atoms with E-state index in [0.29, 0.717) is 5.02 Å². The zero-order valence-corrected chi connectivity index (χ0v) is 11.5. The van der Waals surface area contributed by atoms with Gasteiger partial charge in [-0.25, -0.2) is 5.43 Å². The second-order valence-electron chi connectivity index (χ2n) is 4.16. The van der Waals surface area contributed by atoms with Crippen LogP contribution in [0.3, 0.4) is 0 Å². The van der Waals surface area contributed by atoms with Gasteiger partial charge in [-0.05, 0) is 41.8 Å². The first kappa shape index (κ1) is 13.4. The fraction of sp³-hybridized carbons (Fsp3) is 0.143. The first-order valence-electron chi connectivity index (χ1n) is 5.59. The summed E-state index contributed by atoms with van der Waals surface area (Å²) in [4.78, 5) is 0. The van der Waals surface area contributed by atoms with Crippen LogP contribution in [0.1, 0.15) is 22.7 Å². The number of benzene rings is 2. The van der Waals surface area contributed by atoms with E-state index in [9.17, 15) is 0 Å². The highest BCUT2D eigenvalue weighted by Gasteiger charge is 2.12. The summed E-state index contributed by atoms with van der Waals surface area (Å²) in [6, 6.07) is 13.4. The summed E-state index contributed by atoms with van der Waals surface area (Å²) in [6.45, 7) is 1.97. The van der Waals surface area contributed by atoms with Crippen molar-refractivity contribution in [1.82, 2.24) is 5.43 Å². The molecule has 0 aliphatic heterocycles. The van der Waals surface area contributed by atoms with E-state index in [1.807, 2.05) is 49.4 Å². The van der Waals surface area contributed by atoms with E-state index in [2.05, 4.69) is 5.43 Å². The van der Waals surface area contributed by atoms with Crippen LogP contribution in [0, 0.1) is 6.92 Å². The number of aryl methyl sites for hydroxylation is 1. The van der Waals surface area contributed by atoms with Gasteiger partial charge in [-0.15, -0.1) is 0 Å². The number of nitrogens with one attached hydrogen (secondary N) is 1. The lowest BCUT2D eigenvalue weighted by molar-refractivity contribution is 0.636. The molecule has 0 fully saturated rings. The van der Waals surface area contributed by atoms with Crippen LogP contribution in [0.15, 0.2) is 42.5 Å². The first-order valence-corrected chi connectivity index (χ1v) is 6.35. The van der Waals surface area contributed by atoms with Gasteiger partial charge < -0.3 is 0 Å². The summed E-state index contributed by atoms with van der Waals surface area (Å²) in [7, 11) is 0. The molecule has 18 heavy (non-hydrogen) atoms. The Morgan fingerprint density at radius 2 is 1.61 bits per heavy atom. The van der Waals surface area contributed by atoms with Gasteiger partial charge in [0.25, 0.3) is 0 Å². The number of rotatable bonds is 3. The van der Waals surface area contributed by atoms with Crippen molar-refractivity contribution < 1.29 is 0 Å². The lowest BCUT2D eigenvalue weighted by Crippen LogP contribution is -2.28. The zero-order chi connectivity index (χ0) is 13.1. The molecule has 2 nitrogen and oxygen atoms in total. The summed E-state index contributed by atoms with van der Waals surface area (Å²) in [5, 5.41) is 1.47. The van der Waals surface area contributed by atoms with Crippen molar-refractivity contribution in [3.05, 3.63) is 69.2 Å². The Labute approximate surface area is 117 Å². The first-order chi connectivity index (χ1) is 8.61. The van der Waals surface area contributed by atoms with Crippen molar-refractivity contribution in [3.8, 4) is 0 Å². The zero-order valence-electron chi connectivity index (χ0n) is 9.95. The third-order valence-corrected chi connectivity index (χ3v) is 3.56. The molecule has 2 rings (SSSR count). The minimum Gasteiger partial charge on any atom is -0.271 e. The molecule has 1 unspecified atom stereocenters. The van der Waals surface area contributed by atoms with E-state index in [4.69, 9.17) is 29.0 Å². The summed E-state index contributed by atoms with van der Waals surface area (Å²) in [5.41, 5.74) is 5.98. The molecule has 0 radical (unpaired) electrons. The Balaban J connectivity index is 2.38. The minimum absolute atomic E-state index is 0.0711. The number of hydrogen-bond acceptors (Lipinski definition) is 2. The molecule has 0 saturated carbocycles. The molecule has 0 spiro atoms. The molecule has 0 heterocycles. The summed E-state index contributed by atoms with van der Waals surface area (Å²) in [6.07, 6.45) is 0. The van der Waals surface area contributed by atoms with Crippen LogP contribution in [0.2, 0.25) is 10.0 Å². The summed E-state index contributed by atoms with van der Waals surface area (Å²) in [5.74, 6) is 5.65. The standard InChI is InChI=1S/C14H14Cl2N2/c1-9-8-11(4-7-13(9)16)14(18-17)10-2-5-12(15)6-3-10/h2-8,14,18H,17H2,1H3. The van der Waals surface area contributed by atoms with Crippen LogP contribution in [0.4, 0.5) is 0 Å². The fourth-order valence-corrected chi connectivity index (χ4v) is 2.13. The molecule has 0 bridgehead atoms. The van der Waals surface area contributed by atoms with Crippen LogP contribution in [0.25, 0.3) is 0 Å². The predicted molar refractivity (Wildman–Crippen MR) is 76.8 cm³/mol. The predicted octanol–water partition coefficient (Wildman–Crippen LogP) is 3.85. The third-order valence-electron chi connectivity index (χ3n) is 2.89. The maximum absolute atomic E-state index is 6.03. The maximum atomic E-state index is 6.03. The number of nitrogens with two attached hydrogens (primary N) is 1. The molecule has 4 heteroatoms. The average molecular weight is 281 g/mol. The van der Waals surface area contributed by atoms with Crippen molar-refractivity contribution in [2.45, 2.75) is 13.0 Å². The Bertz CT molecular complexity index is 538. The van der Waals surface area contributed by atoms with Gasteiger partial charge in [0, 0.05) is 10.0 Å². The Morgan fingerprint density at radius 1 is 1.00 bits per heavy atom. The summed E-state index contributed by atoms with van der Waals surface area (Å²) < 4.78 is 0. The summed E-state index contributed by atoms with van der Waals surface area (Å²) >= 11 is 11.9. The van der Waals surface area contributed by atoms with E-state index in [1.54, 1.807) is 0 Å². The number of halogens is 2. The fourth-order valence-electron chi connectivity index (χ4n) is 1.89. The third kappa shape index (κ3) is 2.85. The van der Waals surface area contributed by atoms with Crippen molar-refractivity contribution >= 4 is 23.2 Å². The van der Waals surface area contributed by atoms with Crippen molar-refractivity contribution in [2.75, 3.05) is 0 Å². The van der Waals surface area contributed by atoms with Crippen LogP contribution in [-0.4, -0.2) is 0 Å². The van der Waals surface area contributed by atoms with Gasteiger partial charge in [0.15, 0.2) is 0 Å². The maximum Gasteiger partial charge on any atom is 0.0710 e. The van der Waals surface area contributed by atoms with E-state index < -0.39 is 0 Å². The van der Waals surface area contributed by atoms with E-state index in [1.165, 1.54) is 0 Å².